The van der Waals surface area contributed by atoms with Crippen molar-refractivity contribution in [1.29, 1.82) is 0 Å². The van der Waals surface area contributed by atoms with Crippen molar-refractivity contribution >= 4 is 11.8 Å². The number of rotatable bonds is 6. The highest BCUT2D eigenvalue weighted by Gasteiger charge is 2.26. The predicted molar refractivity (Wildman–Crippen MR) is 81.9 cm³/mol. The first-order valence-electron chi connectivity index (χ1n) is 7.00. The lowest BCUT2D eigenvalue weighted by Crippen LogP contribution is -2.49. The van der Waals surface area contributed by atoms with Gasteiger partial charge in [0.05, 0.1) is 7.11 Å². The molecule has 0 saturated heterocycles. The first kappa shape index (κ1) is 17.0. The molecule has 1 N–H and O–H groups in total. The number of benzene rings is 1. The van der Waals surface area contributed by atoms with Gasteiger partial charge in [-0.05, 0) is 12.0 Å². The van der Waals surface area contributed by atoms with Crippen molar-refractivity contribution in [2.45, 2.75) is 33.4 Å². The highest BCUT2D eigenvalue weighted by Crippen LogP contribution is 2.19. The molecular weight excluding hydrogens is 268 g/mol. The molecule has 0 saturated carbocycles. The Kier molecular flexibility index (Phi) is 6.21. The Morgan fingerprint density at radius 2 is 1.90 bits per heavy atom. The van der Waals surface area contributed by atoms with E-state index < -0.39 is 6.04 Å². The molecule has 0 radical (unpaired) electrons. The molecule has 0 aliphatic carbocycles. The van der Waals surface area contributed by atoms with E-state index in [9.17, 15) is 9.59 Å². The number of nitrogens with one attached hydrogen (secondary N) is 1. The van der Waals surface area contributed by atoms with Crippen LogP contribution in [0.15, 0.2) is 24.3 Å². The number of carbonyl (C=O) groups is 2. The molecule has 5 nitrogen and oxygen atoms in total. The summed E-state index contributed by atoms with van der Waals surface area (Å²) in [5.74, 6) is 0.471. The molecule has 0 unspecified atom stereocenters. The number of carbonyl (C=O) groups excluding carboxylic acids is 2. The summed E-state index contributed by atoms with van der Waals surface area (Å²) in [5, 5.41) is 2.71. The van der Waals surface area contributed by atoms with Gasteiger partial charge in [0.15, 0.2) is 0 Å². The van der Waals surface area contributed by atoms with Gasteiger partial charge in [0.25, 0.3) is 0 Å². The largest absolute Gasteiger partial charge is 0.496 e. The Balaban J connectivity index is 2.83. The minimum absolute atomic E-state index is 0.0292. The van der Waals surface area contributed by atoms with Crippen LogP contribution < -0.4 is 10.1 Å². The average Bonchev–Trinajstić information content (AvgIpc) is 2.44. The van der Waals surface area contributed by atoms with Crippen LogP contribution in [0.25, 0.3) is 0 Å². The molecule has 0 aliphatic rings. The number of para-hydroxylation sites is 1. The van der Waals surface area contributed by atoms with Gasteiger partial charge in [0.2, 0.25) is 11.8 Å². The van der Waals surface area contributed by atoms with E-state index in [0.717, 1.165) is 11.3 Å². The maximum atomic E-state index is 12.5. The van der Waals surface area contributed by atoms with Gasteiger partial charge in [-0.1, -0.05) is 32.0 Å². The summed E-state index contributed by atoms with van der Waals surface area (Å²) >= 11 is 0. The Morgan fingerprint density at radius 3 is 2.43 bits per heavy atom. The van der Waals surface area contributed by atoms with Crippen LogP contribution in [0.1, 0.15) is 26.3 Å². The van der Waals surface area contributed by atoms with Crippen LogP contribution in [-0.2, 0) is 16.1 Å². The van der Waals surface area contributed by atoms with Crippen molar-refractivity contribution in [3.05, 3.63) is 29.8 Å². The van der Waals surface area contributed by atoms with E-state index in [2.05, 4.69) is 5.32 Å². The van der Waals surface area contributed by atoms with Crippen LogP contribution in [0, 0.1) is 5.92 Å². The standard InChI is InChI=1S/C16H24N2O3/c1-11(2)15(17-12(3)19)16(20)18(4)10-13-8-6-7-9-14(13)21-5/h6-9,11,15H,10H2,1-5H3,(H,17,19)/t15-/m0/s1. The van der Waals surface area contributed by atoms with Crippen molar-refractivity contribution in [1.82, 2.24) is 10.2 Å². The van der Waals surface area contributed by atoms with Crippen molar-refractivity contribution in [2.75, 3.05) is 14.2 Å². The van der Waals surface area contributed by atoms with Crippen molar-refractivity contribution < 1.29 is 14.3 Å². The van der Waals surface area contributed by atoms with Gasteiger partial charge in [-0.15, -0.1) is 0 Å². The zero-order valence-electron chi connectivity index (χ0n) is 13.3. The smallest absolute Gasteiger partial charge is 0.245 e. The summed E-state index contributed by atoms with van der Waals surface area (Å²) < 4.78 is 5.29. The Labute approximate surface area is 126 Å². The number of likely N-dealkylation sites (N-methyl/N-ethyl adjacent to an activating group) is 1. The van der Waals surface area contributed by atoms with E-state index in [-0.39, 0.29) is 17.7 Å². The fraction of sp³-hybridized carbons (Fsp3) is 0.500. The molecule has 1 aromatic carbocycles. The maximum Gasteiger partial charge on any atom is 0.245 e. The predicted octanol–water partition coefficient (Wildman–Crippen LogP) is 1.81. The summed E-state index contributed by atoms with van der Waals surface area (Å²) in [6, 6.07) is 7.07. The lowest BCUT2D eigenvalue weighted by molar-refractivity contribution is -0.136. The third-order valence-corrected chi connectivity index (χ3v) is 3.27. The van der Waals surface area contributed by atoms with Crippen LogP contribution >= 0.6 is 0 Å². The second-order valence-electron chi connectivity index (χ2n) is 5.43. The summed E-state index contributed by atoms with van der Waals surface area (Å²) in [6.45, 7) is 5.68. The van der Waals surface area contributed by atoms with Gasteiger partial charge in [-0.3, -0.25) is 9.59 Å². The molecule has 1 atom stereocenters. The van der Waals surface area contributed by atoms with Crippen LogP contribution in [0.2, 0.25) is 0 Å². The van der Waals surface area contributed by atoms with Crippen LogP contribution in [0.4, 0.5) is 0 Å². The highest BCUT2D eigenvalue weighted by atomic mass is 16.5. The number of amides is 2. The maximum absolute atomic E-state index is 12.5. The second-order valence-corrected chi connectivity index (χ2v) is 5.43. The lowest BCUT2D eigenvalue weighted by atomic mass is 10.0. The fourth-order valence-electron chi connectivity index (χ4n) is 2.14. The number of nitrogens with zero attached hydrogens (tertiary/aromatic N) is 1. The minimum atomic E-state index is -0.512. The van der Waals surface area contributed by atoms with Gasteiger partial charge in [-0.2, -0.15) is 0 Å². The van der Waals surface area contributed by atoms with E-state index in [0.29, 0.717) is 6.54 Å². The van der Waals surface area contributed by atoms with Crippen molar-refractivity contribution in [3.63, 3.8) is 0 Å². The zero-order chi connectivity index (χ0) is 16.0. The van der Waals surface area contributed by atoms with Gasteiger partial charge >= 0.3 is 0 Å². The fourth-order valence-corrected chi connectivity index (χ4v) is 2.14. The van der Waals surface area contributed by atoms with E-state index in [4.69, 9.17) is 4.74 Å². The molecule has 116 valence electrons. The number of hydrogen-bond donors (Lipinski definition) is 1. The Morgan fingerprint density at radius 1 is 1.29 bits per heavy atom. The summed E-state index contributed by atoms with van der Waals surface area (Å²) in [7, 11) is 3.33. The first-order chi connectivity index (χ1) is 9.86. The molecule has 5 heteroatoms. The van der Waals surface area contributed by atoms with Crippen molar-refractivity contribution in [2.24, 2.45) is 5.92 Å². The van der Waals surface area contributed by atoms with Crippen LogP contribution in [0.5, 0.6) is 5.75 Å². The molecule has 0 heterocycles. The normalized spacial score (nSPS) is 11.9. The molecule has 1 aromatic rings. The van der Waals surface area contributed by atoms with E-state index in [1.807, 2.05) is 38.1 Å². The van der Waals surface area contributed by atoms with Crippen LogP contribution in [0.3, 0.4) is 0 Å². The molecule has 0 fully saturated rings. The van der Waals surface area contributed by atoms with E-state index in [1.54, 1.807) is 19.1 Å². The van der Waals surface area contributed by atoms with Crippen molar-refractivity contribution in [3.8, 4) is 5.75 Å². The van der Waals surface area contributed by atoms with Gasteiger partial charge in [0.1, 0.15) is 11.8 Å². The minimum Gasteiger partial charge on any atom is -0.496 e. The van der Waals surface area contributed by atoms with Gasteiger partial charge < -0.3 is 15.0 Å². The van der Waals surface area contributed by atoms with Gasteiger partial charge in [-0.25, -0.2) is 0 Å². The molecule has 0 spiro atoms. The first-order valence-corrected chi connectivity index (χ1v) is 7.00. The topological polar surface area (TPSA) is 58.6 Å². The summed E-state index contributed by atoms with van der Waals surface area (Å²) in [4.78, 5) is 25.3. The molecule has 0 aromatic heterocycles. The third-order valence-electron chi connectivity index (χ3n) is 3.27. The van der Waals surface area contributed by atoms with Crippen LogP contribution in [-0.4, -0.2) is 36.9 Å². The summed E-state index contributed by atoms with van der Waals surface area (Å²) in [5.41, 5.74) is 0.932. The second kappa shape index (κ2) is 7.67. The van der Waals surface area contributed by atoms with E-state index in [1.165, 1.54) is 6.92 Å². The number of hydrogen-bond acceptors (Lipinski definition) is 3. The Hall–Kier alpha value is -2.04. The molecule has 21 heavy (non-hydrogen) atoms. The summed E-state index contributed by atoms with van der Waals surface area (Å²) in [6.07, 6.45) is 0. The monoisotopic (exact) mass is 292 g/mol. The quantitative estimate of drug-likeness (QED) is 0.870. The lowest BCUT2D eigenvalue weighted by Gasteiger charge is -2.27. The molecule has 0 aliphatic heterocycles. The number of ether oxygens (including phenoxy) is 1. The molecule has 0 bridgehead atoms. The van der Waals surface area contributed by atoms with Gasteiger partial charge in [0, 0.05) is 26.1 Å². The highest BCUT2D eigenvalue weighted by molar-refractivity contribution is 5.87. The molecule has 2 amide bonds. The third kappa shape index (κ3) is 4.77. The Bertz CT molecular complexity index is 500. The zero-order valence-corrected chi connectivity index (χ0v) is 13.3. The van der Waals surface area contributed by atoms with E-state index >= 15 is 0 Å². The average molecular weight is 292 g/mol. The molecular formula is C16H24N2O3. The number of methoxy groups -OCH3 is 1. The SMILES string of the molecule is COc1ccccc1CN(C)C(=O)[C@@H](NC(C)=O)C(C)C. The molecule has 1 rings (SSSR count).